The van der Waals surface area contributed by atoms with Crippen LogP contribution >= 0.6 is 0 Å². The number of amides is 1. The van der Waals surface area contributed by atoms with E-state index in [4.69, 9.17) is 0 Å². The Morgan fingerprint density at radius 1 is 1.18 bits per heavy atom. The molecule has 88 valence electrons. The molecule has 1 amide bonds. The van der Waals surface area contributed by atoms with E-state index >= 15 is 0 Å². The molecule has 17 heavy (non-hydrogen) atoms. The van der Waals surface area contributed by atoms with Crippen molar-refractivity contribution in [2.45, 2.75) is 19.4 Å². The summed E-state index contributed by atoms with van der Waals surface area (Å²) in [4.78, 5) is 14.6. The average molecular weight is 228 g/mol. The zero-order valence-electron chi connectivity index (χ0n) is 10.0. The van der Waals surface area contributed by atoms with E-state index in [0.717, 1.165) is 11.3 Å². The first-order valence-electron chi connectivity index (χ1n) is 5.61. The third-order valence-electron chi connectivity index (χ3n) is 2.91. The Morgan fingerprint density at radius 3 is 2.41 bits per heavy atom. The second-order valence-electron chi connectivity index (χ2n) is 4.26. The molecule has 0 saturated heterocycles. The lowest BCUT2D eigenvalue weighted by Gasteiger charge is -2.30. The first-order chi connectivity index (χ1) is 8.13. The Balaban J connectivity index is 2.48. The van der Waals surface area contributed by atoms with Gasteiger partial charge >= 0.3 is 0 Å². The monoisotopic (exact) mass is 228 g/mol. The van der Waals surface area contributed by atoms with Gasteiger partial charge in [-0.05, 0) is 24.6 Å². The number of aromatic amines is 1. The van der Waals surface area contributed by atoms with Gasteiger partial charge in [-0.3, -0.25) is 4.79 Å². The molecule has 1 aromatic carbocycles. The minimum Gasteiger partial charge on any atom is -0.363 e. The molecule has 1 heterocycles. The summed E-state index contributed by atoms with van der Waals surface area (Å²) in [6.45, 7) is 3.53. The largest absolute Gasteiger partial charge is 0.363 e. The third kappa shape index (κ3) is 2.23. The average Bonchev–Trinajstić information content (AvgIpc) is 2.83. The van der Waals surface area contributed by atoms with Crippen LogP contribution in [0.4, 0.5) is 0 Å². The molecule has 0 bridgehead atoms. The van der Waals surface area contributed by atoms with Gasteiger partial charge in [0, 0.05) is 18.8 Å². The van der Waals surface area contributed by atoms with Crippen LogP contribution in [0.5, 0.6) is 0 Å². The summed E-state index contributed by atoms with van der Waals surface area (Å²) in [5.41, 5.74) is 1.51. The van der Waals surface area contributed by atoms with Crippen molar-refractivity contribution in [1.82, 2.24) is 10.3 Å². The summed E-state index contributed by atoms with van der Waals surface area (Å²) in [5.74, 6) is -0.0500. The summed E-state index contributed by atoms with van der Waals surface area (Å²) in [5, 5.41) is 3.00. The summed E-state index contributed by atoms with van der Waals surface area (Å²) in [6.07, 6.45) is 1.86. The van der Waals surface area contributed by atoms with Crippen molar-refractivity contribution in [3.63, 3.8) is 0 Å². The van der Waals surface area contributed by atoms with Crippen LogP contribution in [0.1, 0.15) is 25.1 Å². The van der Waals surface area contributed by atoms with Gasteiger partial charge < -0.3 is 10.3 Å². The lowest BCUT2D eigenvalue weighted by atomic mass is 9.88. The van der Waals surface area contributed by atoms with Crippen LogP contribution in [-0.2, 0) is 10.3 Å². The zero-order chi connectivity index (χ0) is 12.3. The second kappa shape index (κ2) is 4.45. The molecular formula is C14H16N2O. The van der Waals surface area contributed by atoms with Crippen molar-refractivity contribution >= 4 is 5.91 Å². The Morgan fingerprint density at radius 2 is 1.88 bits per heavy atom. The van der Waals surface area contributed by atoms with E-state index < -0.39 is 5.54 Å². The van der Waals surface area contributed by atoms with Gasteiger partial charge in [-0.1, -0.05) is 30.3 Å². The standard InChI is InChI=1S/C14H16N2O/c1-11(17)16-14(2,13-9-6-10-15-13)12-7-4-3-5-8-12/h3-10,15H,1-2H3,(H,16,17). The molecular weight excluding hydrogens is 212 g/mol. The van der Waals surface area contributed by atoms with Gasteiger partial charge in [-0.25, -0.2) is 0 Å². The molecule has 1 unspecified atom stereocenters. The number of carbonyl (C=O) groups excluding carboxylic acids is 1. The quantitative estimate of drug-likeness (QED) is 0.832. The maximum atomic E-state index is 11.4. The fraction of sp³-hybridized carbons (Fsp3) is 0.214. The van der Waals surface area contributed by atoms with Gasteiger partial charge in [-0.15, -0.1) is 0 Å². The Hall–Kier alpha value is -2.03. The predicted octanol–water partition coefficient (Wildman–Crippen LogP) is 2.41. The summed E-state index contributed by atoms with van der Waals surface area (Å²) in [7, 11) is 0. The molecule has 0 aliphatic heterocycles. The number of carbonyl (C=O) groups is 1. The highest BCUT2D eigenvalue weighted by atomic mass is 16.1. The van der Waals surface area contributed by atoms with E-state index in [1.807, 2.05) is 55.6 Å². The first kappa shape index (κ1) is 11.5. The molecule has 0 saturated carbocycles. The highest BCUT2D eigenvalue weighted by Gasteiger charge is 2.30. The van der Waals surface area contributed by atoms with Gasteiger partial charge in [0.1, 0.15) is 5.54 Å². The Bertz CT molecular complexity index is 490. The maximum absolute atomic E-state index is 11.4. The fourth-order valence-electron chi connectivity index (χ4n) is 2.06. The van der Waals surface area contributed by atoms with Crippen LogP contribution in [0.25, 0.3) is 0 Å². The SMILES string of the molecule is CC(=O)NC(C)(c1ccccc1)c1ccc[nH]1. The minimum atomic E-state index is -0.517. The molecule has 3 nitrogen and oxygen atoms in total. The summed E-state index contributed by atoms with van der Waals surface area (Å²) in [6, 6.07) is 13.8. The highest BCUT2D eigenvalue weighted by Crippen LogP contribution is 2.27. The van der Waals surface area contributed by atoms with Gasteiger partial charge in [0.2, 0.25) is 5.91 Å². The van der Waals surface area contributed by atoms with Crippen LogP contribution in [0, 0.1) is 0 Å². The van der Waals surface area contributed by atoms with Crippen LogP contribution in [0.3, 0.4) is 0 Å². The number of H-pyrrole nitrogens is 1. The van der Waals surface area contributed by atoms with Crippen molar-refractivity contribution in [2.24, 2.45) is 0 Å². The van der Waals surface area contributed by atoms with Crippen LogP contribution in [0.15, 0.2) is 48.7 Å². The van der Waals surface area contributed by atoms with Crippen molar-refractivity contribution in [2.75, 3.05) is 0 Å². The lowest BCUT2D eigenvalue weighted by Crippen LogP contribution is -2.43. The molecule has 0 fully saturated rings. The topological polar surface area (TPSA) is 44.9 Å². The summed E-state index contributed by atoms with van der Waals surface area (Å²) >= 11 is 0. The van der Waals surface area contributed by atoms with Crippen LogP contribution in [-0.4, -0.2) is 10.9 Å². The number of nitrogens with one attached hydrogen (secondary N) is 2. The third-order valence-corrected chi connectivity index (χ3v) is 2.91. The lowest BCUT2D eigenvalue weighted by molar-refractivity contribution is -0.120. The number of benzene rings is 1. The number of rotatable bonds is 3. The van der Waals surface area contributed by atoms with E-state index in [2.05, 4.69) is 10.3 Å². The zero-order valence-corrected chi connectivity index (χ0v) is 10.0. The molecule has 0 radical (unpaired) electrons. The number of aromatic nitrogens is 1. The van der Waals surface area contributed by atoms with Gasteiger partial charge in [0.15, 0.2) is 0 Å². The van der Waals surface area contributed by atoms with E-state index in [1.54, 1.807) is 0 Å². The normalized spacial score (nSPS) is 14.0. The summed E-state index contributed by atoms with van der Waals surface area (Å²) < 4.78 is 0. The van der Waals surface area contributed by atoms with Crippen molar-refractivity contribution < 1.29 is 4.79 Å². The van der Waals surface area contributed by atoms with Crippen molar-refractivity contribution in [3.05, 3.63) is 59.9 Å². The van der Waals surface area contributed by atoms with E-state index in [9.17, 15) is 4.79 Å². The number of hydrogen-bond donors (Lipinski definition) is 2. The minimum absolute atomic E-state index is 0.0500. The molecule has 3 heteroatoms. The molecule has 1 atom stereocenters. The Kier molecular flexibility index (Phi) is 3.00. The van der Waals surface area contributed by atoms with Gasteiger partial charge in [0.05, 0.1) is 0 Å². The molecule has 2 rings (SSSR count). The molecule has 0 aliphatic carbocycles. The highest BCUT2D eigenvalue weighted by molar-refractivity contribution is 5.74. The van der Waals surface area contributed by atoms with Crippen LogP contribution < -0.4 is 5.32 Å². The smallest absolute Gasteiger partial charge is 0.217 e. The molecule has 0 aliphatic rings. The molecule has 0 spiro atoms. The van der Waals surface area contributed by atoms with Crippen molar-refractivity contribution in [1.29, 1.82) is 0 Å². The van der Waals surface area contributed by atoms with E-state index in [1.165, 1.54) is 6.92 Å². The first-order valence-corrected chi connectivity index (χ1v) is 5.61. The Labute approximate surface area is 101 Å². The predicted molar refractivity (Wildman–Crippen MR) is 67.5 cm³/mol. The molecule has 2 aromatic rings. The van der Waals surface area contributed by atoms with Gasteiger partial charge in [0.25, 0.3) is 0 Å². The maximum Gasteiger partial charge on any atom is 0.217 e. The van der Waals surface area contributed by atoms with E-state index in [0.29, 0.717) is 0 Å². The van der Waals surface area contributed by atoms with Crippen molar-refractivity contribution in [3.8, 4) is 0 Å². The van der Waals surface area contributed by atoms with E-state index in [-0.39, 0.29) is 5.91 Å². The van der Waals surface area contributed by atoms with Gasteiger partial charge in [-0.2, -0.15) is 0 Å². The second-order valence-corrected chi connectivity index (χ2v) is 4.26. The van der Waals surface area contributed by atoms with Crippen LogP contribution in [0.2, 0.25) is 0 Å². The molecule has 2 N–H and O–H groups in total. The fourth-order valence-corrected chi connectivity index (χ4v) is 2.06. The number of hydrogen-bond acceptors (Lipinski definition) is 1. The molecule has 1 aromatic heterocycles.